The highest BCUT2D eigenvalue weighted by atomic mass is 35.5. The predicted octanol–water partition coefficient (Wildman–Crippen LogP) is 3.77. The van der Waals surface area contributed by atoms with Gasteiger partial charge in [0.1, 0.15) is 11.0 Å². The summed E-state index contributed by atoms with van der Waals surface area (Å²) in [5.41, 5.74) is 0.921. The smallest absolute Gasteiger partial charge is 0.215 e. The second-order valence-electron chi connectivity index (χ2n) is 6.96. The van der Waals surface area contributed by atoms with Gasteiger partial charge >= 0.3 is 0 Å². The number of nitrogens with zero attached hydrogens (tertiary/aromatic N) is 1. The van der Waals surface area contributed by atoms with Gasteiger partial charge in [-0.2, -0.15) is 0 Å². The Morgan fingerprint density at radius 2 is 1.69 bits per heavy atom. The number of ether oxygens (including phenoxy) is 1. The van der Waals surface area contributed by atoms with Crippen LogP contribution >= 0.6 is 11.6 Å². The van der Waals surface area contributed by atoms with Crippen LogP contribution in [0.25, 0.3) is 0 Å². The van der Waals surface area contributed by atoms with Crippen LogP contribution in [0.4, 0.5) is 0 Å². The van der Waals surface area contributed by atoms with Gasteiger partial charge in [0.15, 0.2) is 9.84 Å². The molecule has 3 aromatic rings. The molecule has 0 saturated carbocycles. The van der Waals surface area contributed by atoms with E-state index in [9.17, 15) is 16.8 Å². The molecule has 2 aromatic carbocycles. The number of aromatic nitrogens is 1. The Labute approximate surface area is 193 Å². The van der Waals surface area contributed by atoms with Gasteiger partial charge in [0.2, 0.25) is 10.0 Å². The molecule has 0 bridgehead atoms. The maximum Gasteiger partial charge on any atom is 0.215 e. The highest BCUT2D eigenvalue weighted by Gasteiger charge is 2.31. The van der Waals surface area contributed by atoms with Gasteiger partial charge in [-0.3, -0.25) is 4.98 Å². The molecule has 170 valence electrons. The van der Waals surface area contributed by atoms with Crippen molar-refractivity contribution in [1.82, 2.24) is 9.71 Å². The van der Waals surface area contributed by atoms with E-state index in [2.05, 4.69) is 9.71 Å². The molecule has 7 nitrogen and oxygen atoms in total. The van der Waals surface area contributed by atoms with Crippen molar-refractivity contribution in [1.29, 1.82) is 0 Å². The Morgan fingerprint density at radius 3 is 2.28 bits per heavy atom. The lowest BCUT2D eigenvalue weighted by atomic mass is 10.2. The van der Waals surface area contributed by atoms with Gasteiger partial charge in [-0.1, -0.05) is 29.8 Å². The lowest BCUT2D eigenvalue weighted by molar-refractivity contribution is 0.340. The first-order valence-electron chi connectivity index (χ1n) is 9.80. The number of benzene rings is 2. The summed E-state index contributed by atoms with van der Waals surface area (Å²) in [5, 5.41) is -0.661. The van der Waals surface area contributed by atoms with Crippen LogP contribution in [0.1, 0.15) is 23.3 Å². The first-order valence-corrected chi connectivity index (χ1v) is 13.4. The summed E-state index contributed by atoms with van der Waals surface area (Å²) in [5.74, 6) is 0.251. The molecule has 32 heavy (non-hydrogen) atoms. The molecule has 1 unspecified atom stereocenters. The van der Waals surface area contributed by atoms with Crippen LogP contribution < -0.4 is 9.46 Å². The third-order valence-corrected chi connectivity index (χ3v) is 8.34. The normalized spacial score (nSPS) is 12.9. The first kappa shape index (κ1) is 24.2. The summed E-state index contributed by atoms with van der Waals surface area (Å²) in [6.07, 6.45) is 2.94. The molecule has 0 aliphatic carbocycles. The molecule has 0 aliphatic rings. The molecular weight excluding hydrogens is 472 g/mol. The number of rotatable bonds is 10. The highest BCUT2D eigenvalue weighted by molar-refractivity contribution is 7.92. The van der Waals surface area contributed by atoms with Crippen LogP contribution in [0.3, 0.4) is 0 Å². The number of halogens is 1. The maximum atomic E-state index is 13.4. The molecule has 0 amide bonds. The van der Waals surface area contributed by atoms with E-state index < -0.39 is 25.1 Å². The second kappa shape index (κ2) is 10.4. The van der Waals surface area contributed by atoms with E-state index in [-0.39, 0.29) is 17.2 Å². The van der Waals surface area contributed by atoms with Gasteiger partial charge in [-0.05, 0) is 60.5 Å². The molecule has 1 heterocycles. The van der Waals surface area contributed by atoms with Gasteiger partial charge in [0.25, 0.3) is 0 Å². The van der Waals surface area contributed by atoms with Gasteiger partial charge in [-0.25, -0.2) is 21.6 Å². The summed E-state index contributed by atoms with van der Waals surface area (Å²) < 4.78 is 59.9. The summed E-state index contributed by atoms with van der Waals surface area (Å²) in [4.78, 5) is 4.06. The van der Waals surface area contributed by atoms with Crippen molar-refractivity contribution in [2.24, 2.45) is 0 Å². The fourth-order valence-corrected chi connectivity index (χ4v) is 6.11. The summed E-state index contributed by atoms with van der Waals surface area (Å²) in [6, 6.07) is 15.7. The summed E-state index contributed by atoms with van der Waals surface area (Å²) in [6.45, 7) is 1.95. The monoisotopic (exact) mass is 494 g/mol. The molecule has 1 N–H and O–H groups in total. The quantitative estimate of drug-likeness (QED) is 0.460. The minimum absolute atomic E-state index is 0.0618. The molecule has 3 rings (SSSR count). The van der Waals surface area contributed by atoms with E-state index in [0.717, 1.165) is 0 Å². The minimum Gasteiger partial charge on any atom is -0.494 e. The van der Waals surface area contributed by atoms with Crippen LogP contribution in [0.2, 0.25) is 5.02 Å². The zero-order valence-corrected chi connectivity index (χ0v) is 19.7. The average Bonchev–Trinajstić information content (AvgIpc) is 2.76. The Bertz CT molecular complexity index is 1230. The Kier molecular flexibility index (Phi) is 7.89. The molecule has 0 radical (unpaired) electrons. The van der Waals surface area contributed by atoms with Crippen molar-refractivity contribution in [3.63, 3.8) is 0 Å². The standard InChI is InChI=1S/C22H23ClN2O5S2/c1-2-30-20-9-11-21(12-10-20)32(28,29)22(18-4-3-13-24-14-18)15-25-31(26,27)16-17-5-7-19(23)8-6-17/h3-14,22,25H,2,15-16H2,1H3. The van der Waals surface area contributed by atoms with E-state index in [0.29, 0.717) is 28.5 Å². The third-order valence-electron chi connectivity index (χ3n) is 4.65. The van der Waals surface area contributed by atoms with Crippen LogP contribution in [-0.2, 0) is 25.6 Å². The minimum atomic E-state index is -3.93. The van der Waals surface area contributed by atoms with Crippen molar-refractivity contribution in [2.45, 2.75) is 22.8 Å². The van der Waals surface area contributed by atoms with Crippen molar-refractivity contribution in [3.05, 3.63) is 89.2 Å². The topological polar surface area (TPSA) is 102 Å². The van der Waals surface area contributed by atoms with Crippen molar-refractivity contribution in [3.8, 4) is 5.75 Å². The zero-order valence-electron chi connectivity index (χ0n) is 17.3. The van der Waals surface area contributed by atoms with Crippen LogP contribution in [0, 0.1) is 0 Å². The molecule has 0 aliphatic heterocycles. The van der Waals surface area contributed by atoms with E-state index in [1.807, 2.05) is 6.92 Å². The number of hydrogen-bond donors (Lipinski definition) is 1. The number of sulfonamides is 1. The highest BCUT2D eigenvalue weighted by Crippen LogP contribution is 2.29. The molecule has 1 aromatic heterocycles. The maximum absolute atomic E-state index is 13.4. The van der Waals surface area contributed by atoms with Crippen LogP contribution in [0.5, 0.6) is 5.75 Å². The average molecular weight is 495 g/mol. The van der Waals surface area contributed by atoms with E-state index in [1.165, 1.54) is 24.5 Å². The Hall–Kier alpha value is -2.46. The van der Waals surface area contributed by atoms with Crippen molar-refractivity contribution < 1.29 is 21.6 Å². The Balaban J connectivity index is 1.85. The molecular formula is C22H23ClN2O5S2. The second-order valence-corrected chi connectivity index (χ2v) is 11.3. The van der Waals surface area contributed by atoms with Crippen LogP contribution in [-0.4, -0.2) is 35.0 Å². The fraction of sp³-hybridized carbons (Fsp3) is 0.227. The molecule has 1 atom stereocenters. The van der Waals surface area contributed by atoms with Gasteiger partial charge in [-0.15, -0.1) is 0 Å². The molecule has 0 fully saturated rings. The van der Waals surface area contributed by atoms with E-state index in [1.54, 1.807) is 48.5 Å². The molecule has 0 saturated heterocycles. The number of sulfone groups is 1. The predicted molar refractivity (Wildman–Crippen MR) is 124 cm³/mol. The largest absolute Gasteiger partial charge is 0.494 e. The Morgan fingerprint density at radius 1 is 1.00 bits per heavy atom. The third kappa shape index (κ3) is 6.29. The van der Waals surface area contributed by atoms with E-state index >= 15 is 0 Å². The van der Waals surface area contributed by atoms with Gasteiger partial charge in [0, 0.05) is 24.0 Å². The van der Waals surface area contributed by atoms with Gasteiger partial charge in [0.05, 0.1) is 17.3 Å². The molecule has 0 spiro atoms. The molecule has 10 heteroatoms. The zero-order chi connectivity index (χ0) is 23.2. The summed E-state index contributed by atoms with van der Waals surface area (Å²) >= 11 is 5.84. The van der Waals surface area contributed by atoms with Crippen LogP contribution in [0.15, 0.2) is 78.0 Å². The summed E-state index contributed by atoms with van der Waals surface area (Å²) in [7, 11) is -7.73. The van der Waals surface area contributed by atoms with Gasteiger partial charge < -0.3 is 4.74 Å². The number of pyridine rings is 1. The van der Waals surface area contributed by atoms with E-state index in [4.69, 9.17) is 16.3 Å². The lowest BCUT2D eigenvalue weighted by Crippen LogP contribution is -2.32. The SMILES string of the molecule is CCOc1ccc(S(=O)(=O)C(CNS(=O)(=O)Cc2ccc(Cl)cc2)c2cccnc2)cc1. The fourth-order valence-electron chi connectivity index (χ4n) is 3.08. The first-order chi connectivity index (χ1) is 15.2. The lowest BCUT2D eigenvalue weighted by Gasteiger charge is -2.19. The van der Waals surface area contributed by atoms with Crippen molar-refractivity contribution in [2.75, 3.05) is 13.2 Å². The number of nitrogens with one attached hydrogen (secondary N) is 1. The number of hydrogen-bond acceptors (Lipinski definition) is 6. The van der Waals surface area contributed by atoms with Crippen molar-refractivity contribution >= 4 is 31.5 Å².